The second kappa shape index (κ2) is 7.59. The van der Waals surface area contributed by atoms with Gasteiger partial charge < -0.3 is 19.9 Å². The molecule has 0 aliphatic carbocycles. The Morgan fingerprint density at radius 2 is 2.25 bits per heavy atom. The lowest BCUT2D eigenvalue weighted by Crippen LogP contribution is -2.47. The third kappa shape index (κ3) is 3.83. The monoisotopic (exact) mass is 328 g/mol. The van der Waals surface area contributed by atoms with Crippen molar-refractivity contribution in [3.05, 3.63) is 48.5 Å². The molecule has 1 fully saturated rings. The van der Waals surface area contributed by atoms with Crippen LogP contribution in [0.1, 0.15) is 23.2 Å². The Morgan fingerprint density at radius 3 is 2.96 bits per heavy atom. The molecule has 1 saturated heterocycles. The number of carbonyl (C=O) groups excluding carboxylic acids is 1. The largest absolute Gasteiger partial charge is 0.384 e. The molecule has 6 heteroatoms. The van der Waals surface area contributed by atoms with Crippen LogP contribution in [0.15, 0.2) is 43.0 Å². The third-order valence-corrected chi connectivity index (χ3v) is 4.65. The van der Waals surface area contributed by atoms with E-state index >= 15 is 0 Å². The first-order valence-corrected chi connectivity index (χ1v) is 8.29. The number of nitrogens with one attached hydrogen (secondary N) is 2. The number of imidazole rings is 1. The van der Waals surface area contributed by atoms with Crippen LogP contribution in [-0.4, -0.2) is 48.8 Å². The number of rotatable bonds is 6. The molecule has 3 rings (SSSR count). The number of benzene rings is 1. The fourth-order valence-corrected chi connectivity index (χ4v) is 3.22. The average molecular weight is 328 g/mol. The van der Waals surface area contributed by atoms with E-state index in [1.807, 2.05) is 35.0 Å². The van der Waals surface area contributed by atoms with Gasteiger partial charge in [-0.1, -0.05) is 6.07 Å². The van der Waals surface area contributed by atoms with Crippen molar-refractivity contribution >= 4 is 5.91 Å². The van der Waals surface area contributed by atoms with Crippen LogP contribution in [0.2, 0.25) is 0 Å². The second-order valence-electron chi connectivity index (χ2n) is 6.39. The van der Waals surface area contributed by atoms with Crippen LogP contribution in [0.3, 0.4) is 0 Å². The van der Waals surface area contributed by atoms with E-state index in [0.29, 0.717) is 18.7 Å². The molecule has 128 valence electrons. The Bertz CT molecular complexity index is 658. The van der Waals surface area contributed by atoms with Crippen LogP contribution in [0.25, 0.3) is 5.69 Å². The van der Waals surface area contributed by atoms with Crippen molar-refractivity contribution in [3.63, 3.8) is 0 Å². The lowest BCUT2D eigenvalue weighted by atomic mass is 9.79. The number of hydrogen-bond donors (Lipinski definition) is 2. The van der Waals surface area contributed by atoms with Crippen molar-refractivity contribution in [2.24, 2.45) is 5.41 Å². The molecule has 2 aromatic rings. The van der Waals surface area contributed by atoms with E-state index in [9.17, 15) is 4.79 Å². The minimum absolute atomic E-state index is 0.0254. The number of nitrogens with zero attached hydrogens (tertiary/aromatic N) is 2. The van der Waals surface area contributed by atoms with Crippen LogP contribution in [-0.2, 0) is 4.74 Å². The molecule has 2 N–H and O–H groups in total. The highest BCUT2D eigenvalue weighted by Crippen LogP contribution is 2.28. The molecule has 1 aromatic carbocycles. The van der Waals surface area contributed by atoms with Crippen molar-refractivity contribution in [1.29, 1.82) is 0 Å². The zero-order chi connectivity index (χ0) is 16.8. The Kier molecular flexibility index (Phi) is 5.27. The van der Waals surface area contributed by atoms with E-state index in [-0.39, 0.29) is 11.3 Å². The molecule has 0 unspecified atom stereocenters. The van der Waals surface area contributed by atoms with Crippen molar-refractivity contribution < 1.29 is 9.53 Å². The van der Waals surface area contributed by atoms with E-state index in [1.165, 1.54) is 0 Å². The summed E-state index contributed by atoms with van der Waals surface area (Å²) in [6, 6.07) is 7.56. The summed E-state index contributed by atoms with van der Waals surface area (Å²) in [5.41, 5.74) is 1.61. The summed E-state index contributed by atoms with van der Waals surface area (Å²) < 4.78 is 7.29. The molecule has 24 heavy (non-hydrogen) atoms. The average Bonchev–Trinajstić information content (AvgIpc) is 3.16. The molecule has 1 amide bonds. The topological polar surface area (TPSA) is 68.2 Å². The number of ether oxygens (including phenoxy) is 1. The maximum atomic E-state index is 12.6. The maximum absolute atomic E-state index is 12.6. The summed E-state index contributed by atoms with van der Waals surface area (Å²) in [5.74, 6) is -0.0500. The first-order chi connectivity index (χ1) is 11.7. The van der Waals surface area contributed by atoms with E-state index in [1.54, 1.807) is 19.6 Å². The standard InChI is InChI=1S/C18H24N4O2/c1-24-13-18(5-7-19-8-6-18)12-21-17(23)15-3-2-4-16(11-15)22-10-9-20-14-22/h2-4,9-11,14,19H,5-8,12-13H2,1H3,(H,21,23). The minimum Gasteiger partial charge on any atom is -0.384 e. The Balaban J connectivity index is 1.67. The van der Waals surface area contributed by atoms with Gasteiger partial charge in [-0.25, -0.2) is 4.98 Å². The molecular formula is C18H24N4O2. The number of amides is 1. The van der Waals surface area contributed by atoms with Crippen LogP contribution in [0.5, 0.6) is 0 Å². The highest BCUT2D eigenvalue weighted by Gasteiger charge is 2.32. The van der Waals surface area contributed by atoms with Crippen molar-refractivity contribution in [1.82, 2.24) is 20.2 Å². The smallest absolute Gasteiger partial charge is 0.251 e. The van der Waals surface area contributed by atoms with E-state index < -0.39 is 0 Å². The molecule has 0 spiro atoms. The summed E-state index contributed by atoms with van der Waals surface area (Å²) >= 11 is 0. The molecule has 2 heterocycles. The Labute approximate surface area is 142 Å². The van der Waals surface area contributed by atoms with Gasteiger partial charge in [0.1, 0.15) is 0 Å². The summed E-state index contributed by atoms with van der Waals surface area (Å²) in [6.45, 7) is 3.24. The molecule has 1 aliphatic heterocycles. The van der Waals surface area contributed by atoms with Crippen molar-refractivity contribution in [2.45, 2.75) is 12.8 Å². The summed E-state index contributed by atoms with van der Waals surface area (Å²) in [5, 5.41) is 6.46. The molecule has 0 radical (unpaired) electrons. The number of hydrogen-bond acceptors (Lipinski definition) is 4. The van der Waals surface area contributed by atoms with Crippen LogP contribution in [0, 0.1) is 5.41 Å². The van der Waals surface area contributed by atoms with Crippen LogP contribution >= 0.6 is 0 Å². The van der Waals surface area contributed by atoms with E-state index in [0.717, 1.165) is 31.6 Å². The Morgan fingerprint density at radius 1 is 1.42 bits per heavy atom. The molecule has 0 saturated carbocycles. The van der Waals surface area contributed by atoms with Gasteiger partial charge in [-0.2, -0.15) is 0 Å². The molecule has 6 nitrogen and oxygen atoms in total. The van der Waals surface area contributed by atoms with E-state index in [4.69, 9.17) is 4.74 Å². The van der Waals surface area contributed by atoms with Gasteiger partial charge in [0, 0.05) is 42.7 Å². The fraction of sp³-hybridized carbons (Fsp3) is 0.444. The van der Waals surface area contributed by atoms with Crippen LogP contribution < -0.4 is 10.6 Å². The molecule has 0 atom stereocenters. The highest BCUT2D eigenvalue weighted by molar-refractivity contribution is 5.94. The highest BCUT2D eigenvalue weighted by atomic mass is 16.5. The van der Waals surface area contributed by atoms with E-state index in [2.05, 4.69) is 15.6 Å². The molecule has 1 aromatic heterocycles. The van der Waals surface area contributed by atoms with Gasteiger partial charge in [0.2, 0.25) is 0 Å². The van der Waals surface area contributed by atoms with Gasteiger partial charge in [-0.15, -0.1) is 0 Å². The van der Waals surface area contributed by atoms with Gasteiger partial charge in [0.25, 0.3) is 5.91 Å². The quantitative estimate of drug-likeness (QED) is 0.845. The summed E-state index contributed by atoms with van der Waals surface area (Å²) in [7, 11) is 1.72. The first kappa shape index (κ1) is 16.7. The van der Waals surface area contributed by atoms with Gasteiger partial charge in [0.15, 0.2) is 0 Å². The lowest BCUT2D eigenvalue weighted by molar-refractivity contribution is 0.0512. The number of methoxy groups -OCH3 is 1. The Hall–Kier alpha value is -2.18. The normalized spacial score (nSPS) is 16.7. The number of aromatic nitrogens is 2. The van der Waals surface area contributed by atoms with Crippen molar-refractivity contribution in [2.75, 3.05) is 33.4 Å². The van der Waals surface area contributed by atoms with Gasteiger partial charge >= 0.3 is 0 Å². The SMILES string of the molecule is COCC1(CNC(=O)c2cccc(-n3ccnc3)c2)CCNCC1. The summed E-state index contributed by atoms with van der Waals surface area (Å²) in [4.78, 5) is 16.6. The van der Waals surface area contributed by atoms with Gasteiger partial charge in [-0.05, 0) is 44.1 Å². The summed E-state index contributed by atoms with van der Waals surface area (Å²) in [6.07, 6.45) is 7.32. The molecular weight excluding hydrogens is 304 g/mol. The predicted octanol–water partition coefficient (Wildman–Crippen LogP) is 1.62. The van der Waals surface area contributed by atoms with Gasteiger partial charge in [-0.3, -0.25) is 4.79 Å². The fourth-order valence-electron chi connectivity index (χ4n) is 3.22. The number of piperidine rings is 1. The minimum atomic E-state index is -0.0500. The second-order valence-corrected chi connectivity index (χ2v) is 6.39. The zero-order valence-corrected chi connectivity index (χ0v) is 14.0. The third-order valence-electron chi connectivity index (χ3n) is 4.65. The maximum Gasteiger partial charge on any atom is 0.251 e. The van der Waals surface area contributed by atoms with Crippen LogP contribution in [0.4, 0.5) is 0 Å². The zero-order valence-electron chi connectivity index (χ0n) is 14.0. The first-order valence-electron chi connectivity index (χ1n) is 8.29. The van der Waals surface area contributed by atoms with Crippen molar-refractivity contribution in [3.8, 4) is 5.69 Å². The molecule has 0 bridgehead atoms. The predicted molar refractivity (Wildman–Crippen MR) is 92.3 cm³/mol. The lowest BCUT2D eigenvalue weighted by Gasteiger charge is -2.37. The number of carbonyl (C=O) groups is 1. The molecule has 1 aliphatic rings. The van der Waals surface area contributed by atoms with Gasteiger partial charge in [0.05, 0.1) is 12.9 Å².